The Labute approximate surface area is 391 Å². The first kappa shape index (κ1) is 53.1. The molecule has 0 aliphatic heterocycles. The normalized spacial score (nSPS) is 11.3. The van der Waals surface area contributed by atoms with Gasteiger partial charge in [-0.05, 0) is 54.8 Å². The van der Waals surface area contributed by atoms with E-state index in [0.29, 0.717) is 51.9 Å². The number of H-pyrrole nitrogens is 2. The predicted molar refractivity (Wildman–Crippen MR) is 250 cm³/mol. The van der Waals surface area contributed by atoms with Crippen molar-refractivity contribution in [2.45, 2.75) is 44.8 Å². The van der Waals surface area contributed by atoms with Crippen LogP contribution in [0.15, 0.2) is 67.4 Å². The van der Waals surface area contributed by atoms with Gasteiger partial charge in [0.25, 0.3) is 11.9 Å². The molecule has 0 spiro atoms. The van der Waals surface area contributed by atoms with E-state index in [1.807, 2.05) is 36.2 Å². The minimum atomic E-state index is -1.30. The summed E-state index contributed by atoms with van der Waals surface area (Å²) in [6, 6.07) is 11.9. The van der Waals surface area contributed by atoms with Gasteiger partial charge in [-0.15, -0.1) is 23.2 Å². The van der Waals surface area contributed by atoms with E-state index in [9.17, 15) is 24.3 Å². The average molecular weight is 972 g/mol. The number of fused-ring (bicyclic) bond motifs is 2. The summed E-state index contributed by atoms with van der Waals surface area (Å²) in [6.45, 7) is 2.90. The number of nitrogens with zero attached hydrogens (tertiary/aromatic N) is 8. The molecule has 0 saturated heterocycles. The summed E-state index contributed by atoms with van der Waals surface area (Å²) in [5.41, 5.74) is 22.5. The lowest BCUT2D eigenvalue weighted by molar-refractivity contribution is -0.141. The van der Waals surface area contributed by atoms with Crippen molar-refractivity contribution in [1.29, 1.82) is 0 Å². The van der Waals surface area contributed by atoms with Gasteiger partial charge in [0.05, 0.1) is 31.1 Å². The van der Waals surface area contributed by atoms with E-state index in [1.165, 1.54) is 18.5 Å². The molecule has 0 unspecified atom stereocenters. The molecule has 6 aromatic rings. The molecule has 4 heterocycles. The molecule has 0 bridgehead atoms. The van der Waals surface area contributed by atoms with Crippen molar-refractivity contribution in [3.05, 3.63) is 88.8 Å². The number of aromatic nitrogens is 8. The Morgan fingerprint density at radius 3 is 1.95 bits per heavy atom. The minimum absolute atomic E-state index is 0.0138. The van der Waals surface area contributed by atoms with Crippen LogP contribution < -0.4 is 32.3 Å². The zero-order valence-electron chi connectivity index (χ0n) is 35.5. The van der Waals surface area contributed by atoms with Crippen LogP contribution in [0.5, 0.6) is 0 Å². The number of carbonyl (C=O) groups excluding carboxylic acids is 1. The van der Waals surface area contributed by atoms with Crippen molar-refractivity contribution in [3.8, 4) is 0 Å². The Hall–Kier alpha value is -7.28. The van der Waals surface area contributed by atoms with Gasteiger partial charge in [0, 0.05) is 62.2 Å². The molecule has 0 radical (unpaired) electrons. The Morgan fingerprint density at radius 2 is 1.41 bits per heavy atom. The van der Waals surface area contributed by atoms with Crippen LogP contribution in [0.2, 0.25) is 0 Å². The first-order valence-electron chi connectivity index (χ1n) is 19.4. The molecule has 352 valence electrons. The maximum absolute atomic E-state index is 12.4. The van der Waals surface area contributed by atoms with Gasteiger partial charge >= 0.3 is 17.9 Å². The van der Waals surface area contributed by atoms with E-state index in [0.717, 1.165) is 42.5 Å². The van der Waals surface area contributed by atoms with E-state index < -0.39 is 41.9 Å². The van der Waals surface area contributed by atoms with Crippen LogP contribution in [0.1, 0.15) is 41.4 Å². The summed E-state index contributed by atoms with van der Waals surface area (Å²) >= 11 is 16.4. The van der Waals surface area contributed by atoms with Crippen LogP contribution in [0, 0.1) is 4.64 Å². The summed E-state index contributed by atoms with van der Waals surface area (Å²) in [7, 11) is 1.82. The SMILES string of the molecule is CC(=O)O.CN(Cc1cnc2nc(N)nc(N)c2n1)c1ccc(C(=O)N[C@@H](CCC(=O)O)C(=O)O)cc1.N[C@@H](Cc1ccc(N(CCCl)CCCl)cc1)C(=O)O.S=c1[nH]cnc2nc[nH]c12. The number of anilines is 4. The van der Waals surface area contributed by atoms with E-state index in [1.54, 1.807) is 24.7 Å². The number of benzene rings is 2. The van der Waals surface area contributed by atoms with Crippen LogP contribution in [0.25, 0.3) is 22.3 Å². The third kappa shape index (κ3) is 17.4. The first-order chi connectivity index (χ1) is 31.3. The highest BCUT2D eigenvalue weighted by Crippen LogP contribution is 2.20. The lowest BCUT2D eigenvalue weighted by atomic mass is 10.1. The second-order valence-electron chi connectivity index (χ2n) is 13.7. The molecule has 1 amide bonds. The summed E-state index contributed by atoms with van der Waals surface area (Å²) < 4.78 is 0.641. The Bertz CT molecular complexity index is 2610. The lowest BCUT2D eigenvalue weighted by Crippen LogP contribution is -2.41. The summed E-state index contributed by atoms with van der Waals surface area (Å²) in [4.78, 5) is 88.0. The minimum Gasteiger partial charge on any atom is -0.481 e. The van der Waals surface area contributed by atoms with Gasteiger partial charge in [0.15, 0.2) is 22.6 Å². The maximum Gasteiger partial charge on any atom is 0.326 e. The number of rotatable bonds is 17. The molecule has 0 aliphatic carbocycles. The first-order valence-corrected chi connectivity index (χ1v) is 20.9. The number of alkyl halides is 2. The molecular weight excluding hydrogens is 924 g/mol. The van der Waals surface area contributed by atoms with E-state index in [-0.39, 0.29) is 30.2 Å². The molecule has 66 heavy (non-hydrogen) atoms. The van der Waals surface area contributed by atoms with E-state index in [2.05, 4.69) is 50.1 Å². The monoisotopic (exact) mass is 970 g/mol. The van der Waals surface area contributed by atoms with Gasteiger partial charge in [0.1, 0.15) is 22.2 Å². The third-order valence-electron chi connectivity index (χ3n) is 8.73. The number of hydrogen-bond acceptors (Lipinski definition) is 17. The number of nitrogens with one attached hydrogen (secondary N) is 3. The quantitative estimate of drug-likeness (QED) is 0.0463. The fourth-order valence-electron chi connectivity index (χ4n) is 5.56. The number of nitrogens with two attached hydrogens (primary N) is 3. The number of carbonyl (C=O) groups is 5. The van der Waals surface area contributed by atoms with Gasteiger partial charge in [0.2, 0.25) is 5.95 Å². The molecule has 2 atom stereocenters. The highest BCUT2D eigenvalue weighted by molar-refractivity contribution is 7.71. The number of hydrogen-bond donors (Lipinski definition) is 10. The summed E-state index contributed by atoms with van der Waals surface area (Å²) in [6.07, 6.45) is 4.39. The number of imidazole rings is 1. The van der Waals surface area contributed by atoms with E-state index >= 15 is 0 Å². The van der Waals surface area contributed by atoms with Gasteiger partial charge in [-0.1, -0.05) is 24.4 Å². The second-order valence-corrected chi connectivity index (χ2v) is 14.9. The van der Waals surface area contributed by atoms with Crippen molar-refractivity contribution < 1.29 is 44.4 Å². The van der Waals surface area contributed by atoms with Crippen molar-refractivity contribution in [2.75, 3.05) is 53.2 Å². The third-order valence-corrected chi connectivity index (χ3v) is 9.39. The van der Waals surface area contributed by atoms with Crippen molar-refractivity contribution in [2.24, 2.45) is 5.73 Å². The molecule has 13 N–H and O–H groups in total. The molecule has 0 fully saturated rings. The highest BCUT2D eigenvalue weighted by atomic mass is 35.5. The molecule has 2 aromatic carbocycles. The largest absolute Gasteiger partial charge is 0.481 e. The number of carboxylic acid groups (broad SMARTS) is 4. The van der Waals surface area contributed by atoms with Gasteiger partial charge < -0.3 is 62.7 Å². The molecule has 26 heteroatoms. The molecule has 23 nitrogen and oxygen atoms in total. The van der Waals surface area contributed by atoms with Gasteiger partial charge in [-0.25, -0.2) is 24.7 Å². The van der Waals surface area contributed by atoms with Crippen molar-refractivity contribution in [3.63, 3.8) is 0 Å². The lowest BCUT2D eigenvalue weighted by Gasteiger charge is -2.23. The summed E-state index contributed by atoms with van der Waals surface area (Å²) in [5, 5.41) is 36.4. The van der Waals surface area contributed by atoms with Crippen molar-refractivity contribution in [1.82, 2.24) is 45.2 Å². The fourth-order valence-corrected chi connectivity index (χ4v) is 6.17. The fraction of sp³-hybridized carbons (Fsp3) is 0.300. The molecule has 6 rings (SSSR count). The molecular formula is C40H48Cl2N14O9S. The van der Waals surface area contributed by atoms with E-state index in [4.69, 9.17) is 72.7 Å². The molecule has 4 aromatic heterocycles. The number of nitrogen functional groups attached to an aromatic ring is 2. The Morgan fingerprint density at radius 1 is 0.818 bits per heavy atom. The number of carboxylic acids is 4. The van der Waals surface area contributed by atoms with Crippen LogP contribution in [0.3, 0.4) is 0 Å². The number of aliphatic carboxylic acids is 4. The number of halogens is 2. The Balaban J connectivity index is 0.000000291. The molecule has 0 aliphatic rings. The maximum atomic E-state index is 12.4. The summed E-state index contributed by atoms with van der Waals surface area (Å²) in [5.74, 6) is -3.67. The number of aromatic amines is 2. The Kier molecular flexibility index (Phi) is 21.3. The molecule has 0 saturated carbocycles. The average Bonchev–Trinajstić information content (AvgIpc) is 3.76. The van der Waals surface area contributed by atoms with Crippen LogP contribution in [-0.4, -0.2) is 134 Å². The zero-order chi connectivity index (χ0) is 48.9. The smallest absolute Gasteiger partial charge is 0.326 e. The topological polar surface area (TPSA) is 372 Å². The highest BCUT2D eigenvalue weighted by Gasteiger charge is 2.22. The van der Waals surface area contributed by atoms with Crippen LogP contribution in [0.4, 0.5) is 23.1 Å². The van der Waals surface area contributed by atoms with Gasteiger partial charge in [-0.2, -0.15) is 9.97 Å². The second kappa shape index (κ2) is 26.5. The number of amides is 1. The van der Waals surface area contributed by atoms with Crippen molar-refractivity contribution >= 4 is 111 Å². The van der Waals surface area contributed by atoms with Crippen LogP contribution >= 0.6 is 35.4 Å². The predicted octanol–water partition coefficient (Wildman–Crippen LogP) is 3.30. The standard InChI is InChI=1S/C20H22N8O5.C13H18Cl2N2O2.C5H4N4S.C2H4O2/c1-28(9-11-8-23-17-15(24-11)16(21)26-20(22)27-17)12-4-2-10(3-5-12)18(31)25-13(19(32)33)6-7-14(29)30;14-5-7-17(8-6-15)11-3-1-10(2-4-11)9-12(16)13(18)19;10-5-3-4(7-1-6-3)8-2-9-5;1-2(3)4/h2-5,8,13H,6-7,9H2,1H3,(H,25,31)(H,29,30)(H,32,33)(H4,21,22,23,26,27);1-4,12H,5-9,16H2,(H,18,19);1-2H,(H2,6,7,8,9,10);1H3,(H,3,4)/t13-;12-;;/m00../s1. The van der Waals surface area contributed by atoms with Gasteiger partial charge in [-0.3, -0.25) is 19.2 Å². The van der Waals surface area contributed by atoms with Crippen LogP contribution in [-0.2, 0) is 32.1 Å². The zero-order valence-corrected chi connectivity index (χ0v) is 37.8.